The molecule has 0 radical (unpaired) electrons. The molecule has 0 aromatic heterocycles. The molecule has 33 heavy (non-hydrogen) atoms. The molecule has 1 aliphatic carbocycles. The highest BCUT2D eigenvalue weighted by Crippen LogP contribution is 2.44. The molecular weight excluding hydrogens is 414 g/mol. The van der Waals surface area contributed by atoms with Gasteiger partial charge in [-0.2, -0.15) is 0 Å². The lowest BCUT2D eigenvalue weighted by Gasteiger charge is -2.31. The molecule has 5 nitrogen and oxygen atoms in total. The second kappa shape index (κ2) is 9.42. The number of carbonyl (C=O) groups excluding carboxylic acids is 2. The Morgan fingerprint density at radius 2 is 1.76 bits per heavy atom. The summed E-state index contributed by atoms with van der Waals surface area (Å²) in [4.78, 5) is 28.2. The molecule has 4 rings (SSSR count). The van der Waals surface area contributed by atoms with E-state index in [0.717, 1.165) is 48.1 Å². The van der Waals surface area contributed by atoms with Gasteiger partial charge in [-0.05, 0) is 67.5 Å². The number of nitrogens with zero attached hydrogens (tertiary/aromatic N) is 1. The summed E-state index contributed by atoms with van der Waals surface area (Å²) in [6.45, 7) is 8.68. The standard InChI is InChI=1S/C28H33NO4/c1-17(2)16-33-23-14-13-20(15-19(23)4)26(30)24-25(22-12-8-5-9-18(22)3)29(28(32)27(24)31)21-10-6-7-11-21/h5,8-9,12-15,17,21,25,30H,6-7,10-11,16H2,1-4H3/b26-24+. The Balaban J connectivity index is 1.81. The number of carbonyl (C=O) groups is 2. The summed E-state index contributed by atoms with van der Waals surface area (Å²) in [6.07, 6.45) is 3.86. The molecule has 1 aliphatic heterocycles. The van der Waals surface area contributed by atoms with Crippen LogP contribution in [0.4, 0.5) is 0 Å². The number of Topliss-reactive ketones (excluding diaryl/α,β-unsaturated/α-hetero) is 1. The van der Waals surface area contributed by atoms with Crippen LogP contribution in [0.15, 0.2) is 48.0 Å². The van der Waals surface area contributed by atoms with Gasteiger partial charge in [-0.3, -0.25) is 9.59 Å². The van der Waals surface area contributed by atoms with Crippen molar-refractivity contribution in [2.45, 2.75) is 65.5 Å². The fourth-order valence-corrected chi connectivity index (χ4v) is 4.98. The molecule has 2 fully saturated rings. The molecule has 2 aliphatic rings. The summed E-state index contributed by atoms with van der Waals surface area (Å²) in [7, 11) is 0. The van der Waals surface area contributed by atoms with Crippen LogP contribution in [0.5, 0.6) is 5.75 Å². The number of aryl methyl sites for hydroxylation is 2. The molecule has 1 N–H and O–H groups in total. The lowest BCUT2D eigenvalue weighted by Crippen LogP contribution is -2.37. The zero-order valence-corrected chi connectivity index (χ0v) is 19.9. The van der Waals surface area contributed by atoms with Gasteiger partial charge >= 0.3 is 0 Å². The number of ether oxygens (including phenoxy) is 1. The number of aliphatic hydroxyl groups excluding tert-OH is 1. The van der Waals surface area contributed by atoms with Crippen molar-refractivity contribution in [2.24, 2.45) is 5.92 Å². The van der Waals surface area contributed by atoms with Crippen LogP contribution in [0.1, 0.15) is 67.8 Å². The van der Waals surface area contributed by atoms with Gasteiger partial charge in [0.25, 0.3) is 11.7 Å². The van der Waals surface area contributed by atoms with Gasteiger partial charge in [-0.15, -0.1) is 0 Å². The Hall–Kier alpha value is -3.08. The molecule has 174 valence electrons. The summed E-state index contributed by atoms with van der Waals surface area (Å²) < 4.78 is 5.86. The fourth-order valence-electron chi connectivity index (χ4n) is 4.98. The third-order valence-electron chi connectivity index (χ3n) is 6.70. The van der Waals surface area contributed by atoms with Crippen LogP contribution in [0.2, 0.25) is 0 Å². The van der Waals surface area contributed by atoms with E-state index in [1.807, 2.05) is 50.2 Å². The predicted octanol–water partition coefficient (Wildman–Crippen LogP) is 5.70. The minimum atomic E-state index is -0.606. The van der Waals surface area contributed by atoms with Crippen LogP contribution in [0.25, 0.3) is 5.76 Å². The minimum Gasteiger partial charge on any atom is -0.507 e. The molecule has 5 heteroatoms. The molecule has 1 unspecified atom stereocenters. The first kappa shape index (κ1) is 23.1. The van der Waals surface area contributed by atoms with E-state index in [2.05, 4.69) is 13.8 Å². The Bertz CT molecular complexity index is 1090. The maximum atomic E-state index is 13.3. The van der Waals surface area contributed by atoms with Crippen molar-refractivity contribution in [1.82, 2.24) is 4.90 Å². The summed E-state index contributed by atoms with van der Waals surface area (Å²) in [5, 5.41) is 11.4. The van der Waals surface area contributed by atoms with Crippen molar-refractivity contribution in [2.75, 3.05) is 6.61 Å². The third-order valence-corrected chi connectivity index (χ3v) is 6.70. The van der Waals surface area contributed by atoms with Gasteiger partial charge in [0.1, 0.15) is 11.5 Å². The molecule has 0 bridgehead atoms. The molecule has 2 aromatic carbocycles. The van der Waals surface area contributed by atoms with Crippen molar-refractivity contribution < 1.29 is 19.4 Å². The molecule has 2 aromatic rings. The number of hydrogen-bond acceptors (Lipinski definition) is 4. The highest BCUT2D eigenvalue weighted by Gasteiger charge is 2.49. The summed E-state index contributed by atoms with van der Waals surface area (Å²) in [5.74, 6) is -0.0865. The number of benzene rings is 2. The second-order valence-electron chi connectivity index (χ2n) is 9.69. The summed E-state index contributed by atoms with van der Waals surface area (Å²) >= 11 is 0. The second-order valence-corrected chi connectivity index (χ2v) is 9.69. The van der Waals surface area contributed by atoms with Crippen LogP contribution in [0.3, 0.4) is 0 Å². The van der Waals surface area contributed by atoms with E-state index >= 15 is 0 Å². The lowest BCUT2D eigenvalue weighted by atomic mass is 9.91. The van der Waals surface area contributed by atoms with Crippen LogP contribution < -0.4 is 4.74 Å². The number of amides is 1. The maximum absolute atomic E-state index is 13.3. The van der Waals surface area contributed by atoms with Gasteiger partial charge in [0.2, 0.25) is 0 Å². The first-order valence-electron chi connectivity index (χ1n) is 11.9. The minimum absolute atomic E-state index is 0.0184. The third kappa shape index (κ3) is 4.41. The van der Waals surface area contributed by atoms with Crippen molar-refractivity contribution in [3.8, 4) is 5.75 Å². The van der Waals surface area contributed by atoms with E-state index in [1.165, 1.54) is 0 Å². The zero-order chi connectivity index (χ0) is 23.7. The quantitative estimate of drug-likeness (QED) is 0.350. The smallest absolute Gasteiger partial charge is 0.295 e. The van der Waals surface area contributed by atoms with E-state index in [9.17, 15) is 14.7 Å². The van der Waals surface area contributed by atoms with Gasteiger partial charge in [0.15, 0.2) is 0 Å². The first-order chi connectivity index (χ1) is 15.8. The molecule has 0 spiro atoms. The SMILES string of the molecule is Cc1cc(/C(O)=C2\C(=O)C(=O)N(C3CCCC3)C2c2ccccc2C)ccc1OCC(C)C. The number of rotatable bonds is 6. The predicted molar refractivity (Wildman–Crippen MR) is 129 cm³/mol. The van der Waals surface area contributed by atoms with E-state index < -0.39 is 17.7 Å². The molecule has 1 saturated heterocycles. The van der Waals surface area contributed by atoms with Crippen LogP contribution in [-0.4, -0.2) is 34.3 Å². The van der Waals surface area contributed by atoms with E-state index in [1.54, 1.807) is 11.0 Å². The Kier molecular flexibility index (Phi) is 6.59. The maximum Gasteiger partial charge on any atom is 0.295 e. The first-order valence-corrected chi connectivity index (χ1v) is 11.9. The molecule has 1 amide bonds. The highest BCUT2D eigenvalue weighted by molar-refractivity contribution is 6.46. The monoisotopic (exact) mass is 447 g/mol. The summed E-state index contributed by atoms with van der Waals surface area (Å²) in [6, 6.07) is 12.6. The zero-order valence-electron chi connectivity index (χ0n) is 19.9. The van der Waals surface area contributed by atoms with Gasteiger partial charge < -0.3 is 14.7 Å². The average Bonchev–Trinajstić information content (AvgIpc) is 3.39. The van der Waals surface area contributed by atoms with Crippen LogP contribution in [-0.2, 0) is 9.59 Å². The molecule has 1 atom stereocenters. The number of hydrogen-bond donors (Lipinski definition) is 1. The van der Waals surface area contributed by atoms with Gasteiger partial charge in [0.05, 0.1) is 18.2 Å². The molecule has 1 heterocycles. The lowest BCUT2D eigenvalue weighted by molar-refractivity contribution is -0.141. The average molecular weight is 448 g/mol. The summed E-state index contributed by atoms with van der Waals surface area (Å²) in [5.41, 5.74) is 3.45. The van der Waals surface area contributed by atoms with Gasteiger partial charge in [-0.1, -0.05) is 51.0 Å². The Labute approximate surface area is 196 Å². The van der Waals surface area contributed by atoms with Crippen LogP contribution >= 0.6 is 0 Å². The van der Waals surface area contributed by atoms with E-state index in [4.69, 9.17) is 4.74 Å². The Morgan fingerprint density at radius 3 is 2.39 bits per heavy atom. The van der Waals surface area contributed by atoms with Crippen molar-refractivity contribution >= 4 is 17.4 Å². The van der Waals surface area contributed by atoms with Crippen LogP contribution in [0, 0.1) is 19.8 Å². The van der Waals surface area contributed by atoms with Crippen molar-refractivity contribution in [1.29, 1.82) is 0 Å². The normalized spacial score (nSPS) is 20.8. The largest absolute Gasteiger partial charge is 0.507 e. The van der Waals surface area contributed by atoms with E-state index in [-0.39, 0.29) is 17.4 Å². The fraction of sp³-hybridized carbons (Fsp3) is 0.429. The van der Waals surface area contributed by atoms with Crippen molar-refractivity contribution in [3.05, 3.63) is 70.3 Å². The molecule has 1 saturated carbocycles. The van der Waals surface area contributed by atoms with E-state index in [0.29, 0.717) is 18.1 Å². The number of aliphatic hydroxyl groups is 1. The Morgan fingerprint density at radius 1 is 1.06 bits per heavy atom. The van der Waals surface area contributed by atoms with Crippen molar-refractivity contribution in [3.63, 3.8) is 0 Å². The van der Waals surface area contributed by atoms with Gasteiger partial charge in [-0.25, -0.2) is 0 Å². The molecular formula is C28H33NO4. The number of likely N-dealkylation sites (tertiary alicyclic amines) is 1. The highest BCUT2D eigenvalue weighted by atomic mass is 16.5. The van der Waals surface area contributed by atoms with Gasteiger partial charge in [0, 0.05) is 11.6 Å². The number of ketones is 1. The topological polar surface area (TPSA) is 66.8 Å².